The van der Waals surface area contributed by atoms with Gasteiger partial charge in [-0.05, 0) is 29.6 Å². The van der Waals surface area contributed by atoms with Crippen molar-refractivity contribution >= 4 is 22.9 Å². The third kappa shape index (κ3) is 3.00. The molecule has 0 bridgehead atoms. The van der Waals surface area contributed by atoms with E-state index in [0.29, 0.717) is 6.04 Å². The van der Waals surface area contributed by atoms with Crippen molar-refractivity contribution in [2.24, 2.45) is 7.05 Å². The van der Waals surface area contributed by atoms with E-state index in [1.54, 1.807) is 9.20 Å². The van der Waals surface area contributed by atoms with Crippen molar-refractivity contribution in [2.45, 2.75) is 6.04 Å². The maximum absolute atomic E-state index is 13.1. The van der Waals surface area contributed by atoms with Gasteiger partial charge in [0.2, 0.25) is 0 Å². The van der Waals surface area contributed by atoms with Gasteiger partial charge >= 0.3 is 0 Å². The van der Waals surface area contributed by atoms with Crippen LogP contribution in [0.3, 0.4) is 0 Å². The van der Waals surface area contributed by atoms with Crippen molar-refractivity contribution in [1.82, 2.24) is 34.2 Å². The van der Waals surface area contributed by atoms with Gasteiger partial charge in [-0.3, -0.25) is 14.4 Å². The molecule has 6 rings (SSSR count). The van der Waals surface area contributed by atoms with Crippen LogP contribution in [0.4, 0.5) is 0 Å². The lowest BCUT2D eigenvalue weighted by Crippen LogP contribution is -2.34. The van der Waals surface area contributed by atoms with Crippen LogP contribution < -0.4 is 0 Å². The molecule has 156 valence electrons. The van der Waals surface area contributed by atoms with Gasteiger partial charge in [-0.15, -0.1) is 11.3 Å². The number of rotatable bonds is 3. The molecule has 2 aliphatic rings. The number of aryl methyl sites for hydroxylation is 1. The lowest BCUT2D eigenvalue weighted by molar-refractivity contribution is 0.0786. The minimum absolute atomic E-state index is 0.100. The minimum atomic E-state index is 0.100. The number of aromatic nitrogens is 5. The second-order valence-corrected chi connectivity index (χ2v) is 9.10. The van der Waals surface area contributed by atoms with Gasteiger partial charge in [0.15, 0.2) is 5.65 Å². The van der Waals surface area contributed by atoms with Crippen LogP contribution >= 0.6 is 11.3 Å². The van der Waals surface area contributed by atoms with Crippen LogP contribution in [0.2, 0.25) is 0 Å². The number of thiophene rings is 1. The Labute approximate surface area is 183 Å². The van der Waals surface area contributed by atoms with Crippen molar-refractivity contribution < 1.29 is 4.79 Å². The molecule has 0 N–H and O–H groups in total. The fourth-order valence-corrected chi connectivity index (χ4v) is 5.30. The van der Waals surface area contributed by atoms with Gasteiger partial charge in [-0.1, -0.05) is 6.08 Å². The molecule has 1 saturated heterocycles. The second kappa shape index (κ2) is 6.86. The molecule has 4 aromatic rings. The number of hydrogen-bond acceptors (Lipinski definition) is 6. The van der Waals surface area contributed by atoms with Crippen LogP contribution in [0.25, 0.3) is 27.9 Å². The number of carbonyl (C=O) groups excluding carboxylic acids is 1. The molecule has 9 heteroatoms. The molecule has 0 aromatic carbocycles. The number of likely N-dealkylation sites (N-methyl/N-ethyl adjacent to an activating group) is 1. The van der Waals surface area contributed by atoms with Gasteiger partial charge in [-0.25, -0.2) is 9.50 Å². The van der Waals surface area contributed by atoms with Crippen LogP contribution in [0.15, 0.2) is 54.1 Å². The van der Waals surface area contributed by atoms with Gasteiger partial charge in [0.05, 0.1) is 23.3 Å². The molecule has 1 unspecified atom stereocenters. The van der Waals surface area contributed by atoms with Crippen molar-refractivity contribution in [3.63, 3.8) is 0 Å². The van der Waals surface area contributed by atoms with E-state index in [9.17, 15) is 4.79 Å². The Morgan fingerprint density at radius 3 is 2.77 bits per heavy atom. The lowest BCUT2D eigenvalue weighted by Gasteiger charge is -2.19. The van der Waals surface area contributed by atoms with Crippen molar-refractivity contribution in [1.29, 1.82) is 0 Å². The maximum atomic E-state index is 13.1. The molecule has 2 aliphatic heterocycles. The monoisotopic (exact) mass is 431 g/mol. The topological polar surface area (TPSA) is 71.6 Å². The second-order valence-electron chi connectivity index (χ2n) is 8.19. The predicted molar refractivity (Wildman–Crippen MR) is 119 cm³/mol. The summed E-state index contributed by atoms with van der Waals surface area (Å²) in [6, 6.07) is 2.34. The Balaban J connectivity index is 1.27. The molecule has 31 heavy (non-hydrogen) atoms. The van der Waals surface area contributed by atoms with Crippen LogP contribution in [0, 0.1) is 0 Å². The zero-order valence-electron chi connectivity index (χ0n) is 17.3. The number of amides is 1. The Morgan fingerprint density at radius 1 is 1.10 bits per heavy atom. The first-order valence-electron chi connectivity index (χ1n) is 10.2. The van der Waals surface area contributed by atoms with Crippen LogP contribution in [0.5, 0.6) is 0 Å². The fourth-order valence-electron chi connectivity index (χ4n) is 4.43. The molecular weight excluding hydrogens is 410 g/mol. The Hall–Kier alpha value is -3.30. The average Bonchev–Trinajstić information content (AvgIpc) is 3.57. The lowest BCUT2D eigenvalue weighted by atomic mass is 10.1. The van der Waals surface area contributed by atoms with Gasteiger partial charge < -0.3 is 4.90 Å². The Morgan fingerprint density at radius 2 is 1.97 bits per heavy atom. The van der Waals surface area contributed by atoms with Crippen LogP contribution in [-0.4, -0.2) is 72.8 Å². The number of nitrogens with zero attached hydrogens (tertiary/aromatic N) is 7. The summed E-state index contributed by atoms with van der Waals surface area (Å²) in [4.78, 5) is 22.7. The van der Waals surface area contributed by atoms with E-state index in [-0.39, 0.29) is 5.91 Å². The maximum Gasteiger partial charge on any atom is 0.264 e. The summed E-state index contributed by atoms with van der Waals surface area (Å²) in [5, 5.41) is 10.7. The molecule has 8 nitrogen and oxygen atoms in total. The number of likely N-dealkylation sites (tertiary alicyclic amines) is 1. The zero-order valence-corrected chi connectivity index (χ0v) is 18.1. The SMILES string of the molecule is CN1CC=C2CN(C(=O)c3cc(-c4cnn5cc(-c6cnn(C)c6)cnc45)cs3)CC21. The van der Waals surface area contributed by atoms with Gasteiger partial charge in [-0.2, -0.15) is 10.2 Å². The van der Waals surface area contributed by atoms with E-state index >= 15 is 0 Å². The van der Waals surface area contributed by atoms with Crippen LogP contribution in [0.1, 0.15) is 9.67 Å². The van der Waals surface area contributed by atoms with E-state index in [0.717, 1.165) is 52.4 Å². The molecule has 0 saturated carbocycles. The highest BCUT2D eigenvalue weighted by atomic mass is 32.1. The first-order chi connectivity index (χ1) is 15.1. The molecule has 0 spiro atoms. The van der Waals surface area contributed by atoms with E-state index in [2.05, 4.69) is 33.2 Å². The highest BCUT2D eigenvalue weighted by Crippen LogP contribution is 2.32. The molecule has 1 amide bonds. The normalized spacial score (nSPS) is 18.7. The van der Waals surface area contributed by atoms with E-state index in [1.807, 2.05) is 54.4 Å². The zero-order chi connectivity index (χ0) is 21.1. The molecule has 4 aromatic heterocycles. The summed E-state index contributed by atoms with van der Waals surface area (Å²) in [6.45, 7) is 2.48. The van der Waals surface area contributed by atoms with E-state index in [4.69, 9.17) is 0 Å². The summed E-state index contributed by atoms with van der Waals surface area (Å²) in [6.07, 6.45) is 11.6. The molecule has 0 aliphatic carbocycles. The molecular formula is C22H21N7OS. The highest BCUT2D eigenvalue weighted by molar-refractivity contribution is 7.12. The van der Waals surface area contributed by atoms with Crippen molar-refractivity contribution in [3.8, 4) is 22.3 Å². The predicted octanol–water partition coefficient (Wildman–Crippen LogP) is 2.55. The standard InChI is InChI=1S/C22H21N7OS/c1-26-4-3-14-10-28(12-19(14)26)22(30)20-5-15(13-31-20)18-8-25-29-11-16(6-23-21(18)29)17-7-24-27(2)9-17/h3,5-9,11,13,19H,4,10,12H2,1-2H3. The molecule has 1 fully saturated rings. The van der Waals surface area contributed by atoms with E-state index in [1.165, 1.54) is 16.9 Å². The minimum Gasteiger partial charge on any atom is -0.332 e. The molecule has 6 heterocycles. The number of fused-ring (bicyclic) bond motifs is 2. The van der Waals surface area contributed by atoms with Gasteiger partial charge in [0.1, 0.15) is 0 Å². The summed E-state index contributed by atoms with van der Waals surface area (Å²) in [5.74, 6) is 0.100. The number of hydrogen-bond donors (Lipinski definition) is 0. The Kier molecular flexibility index (Phi) is 4.09. The quantitative estimate of drug-likeness (QED) is 0.466. The van der Waals surface area contributed by atoms with Crippen molar-refractivity contribution in [3.05, 3.63) is 59.0 Å². The molecule has 0 radical (unpaired) electrons. The van der Waals surface area contributed by atoms with E-state index < -0.39 is 0 Å². The Bertz CT molecular complexity index is 1350. The summed E-state index contributed by atoms with van der Waals surface area (Å²) in [7, 11) is 4.00. The first kappa shape index (κ1) is 18.5. The van der Waals surface area contributed by atoms with Crippen molar-refractivity contribution in [2.75, 3.05) is 26.7 Å². The summed E-state index contributed by atoms with van der Waals surface area (Å²) < 4.78 is 3.54. The third-order valence-electron chi connectivity index (χ3n) is 6.17. The smallest absolute Gasteiger partial charge is 0.264 e. The molecule has 1 atom stereocenters. The average molecular weight is 432 g/mol. The third-order valence-corrected chi connectivity index (χ3v) is 7.09. The summed E-state index contributed by atoms with van der Waals surface area (Å²) in [5.41, 5.74) is 5.98. The highest BCUT2D eigenvalue weighted by Gasteiger charge is 2.36. The summed E-state index contributed by atoms with van der Waals surface area (Å²) >= 11 is 1.48. The van der Waals surface area contributed by atoms with Gasteiger partial charge in [0, 0.05) is 62.0 Å². The fraction of sp³-hybridized carbons (Fsp3) is 0.273. The van der Waals surface area contributed by atoms with Crippen LogP contribution in [-0.2, 0) is 7.05 Å². The largest absolute Gasteiger partial charge is 0.332 e. The van der Waals surface area contributed by atoms with Gasteiger partial charge in [0.25, 0.3) is 5.91 Å². The number of carbonyl (C=O) groups is 1. The first-order valence-corrected chi connectivity index (χ1v) is 11.0.